The first-order valence-corrected chi connectivity index (χ1v) is 13.2. The number of amides is 2. The Hall–Kier alpha value is -0.900. The van der Waals surface area contributed by atoms with Crippen LogP contribution in [0.3, 0.4) is 0 Å². The van der Waals surface area contributed by atoms with Crippen LogP contribution < -0.4 is 5.73 Å². The molecule has 0 unspecified atom stereocenters. The van der Waals surface area contributed by atoms with Crippen LogP contribution in [-0.4, -0.2) is 29.8 Å². The fourth-order valence-electron chi connectivity index (χ4n) is 3.98. The van der Waals surface area contributed by atoms with E-state index in [0.717, 1.165) is 25.7 Å². The van der Waals surface area contributed by atoms with Crippen molar-refractivity contribution < 1.29 is 9.59 Å². The number of nitrogens with two attached hydrogens (primary N) is 1. The Balaban J connectivity index is 3.80. The maximum absolute atomic E-state index is 12.5. The lowest BCUT2D eigenvalue weighted by Crippen LogP contribution is -2.41. The Bertz CT molecular complexity index is 398. The average Bonchev–Trinajstić information content (AvgIpc) is 2.75. The largest absolute Gasteiger partial charge is 0.322 e. The zero-order chi connectivity index (χ0) is 22.3. The van der Waals surface area contributed by atoms with Crippen LogP contribution in [-0.2, 0) is 9.59 Å². The fraction of sp³-hybridized carbons (Fsp3) is 0.923. The van der Waals surface area contributed by atoms with Crippen molar-refractivity contribution in [2.24, 2.45) is 5.73 Å². The van der Waals surface area contributed by atoms with E-state index in [9.17, 15) is 9.59 Å². The first-order chi connectivity index (χ1) is 14.7. The standard InChI is InChI=1S/C26H52N2O2/c1-3-5-7-9-11-13-15-17-19-21-23-28(26(30)24-27)25(29)22-20-18-16-14-12-10-8-6-4-2/h3-24,27H2,1-2H3. The van der Waals surface area contributed by atoms with E-state index in [1.54, 1.807) is 0 Å². The Morgan fingerprint density at radius 3 is 1.30 bits per heavy atom. The highest BCUT2D eigenvalue weighted by atomic mass is 16.2. The lowest BCUT2D eigenvalue weighted by Gasteiger charge is -2.20. The summed E-state index contributed by atoms with van der Waals surface area (Å²) in [7, 11) is 0. The highest BCUT2D eigenvalue weighted by molar-refractivity contribution is 5.96. The molecule has 0 aromatic heterocycles. The fourth-order valence-corrected chi connectivity index (χ4v) is 3.98. The summed E-state index contributed by atoms with van der Waals surface area (Å²) >= 11 is 0. The van der Waals surface area contributed by atoms with E-state index in [4.69, 9.17) is 5.73 Å². The van der Waals surface area contributed by atoms with Crippen LogP contribution >= 0.6 is 0 Å². The van der Waals surface area contributed by atoms with Crippen molar-refractivity contribution in [3.05, 3.63) is 0 Å². The first kappa shape index (κ1) is 29.1. The van der Waals surface area contributed by atoms with E-state index in [1.165, 1.54) is 101 Å². The molecule has 0 atom stereocenters. The molecule has 4 heteroatoms. The van der Waals surface area contributed by atoms with Gasteiger partial charge >= 0.3 is 0 Å². The zero-order valence-corrected chi connectivity index (χ0v) is 20.4. The van der Waals surface area contributed by atoms with E-state index in [2.05, 4.69) is 13.8 Å². The topological polar surface area (TPSA) is 63.4 Å². The SMILES string of the molecule is CCCCCCCCCCCCN(C(=O)CN)C(=O)CCCCCCCCCCC. The second-order valence-corrected chi connectivity index (χ2v) is 8.90. The predicted molar refractivity (Wildman–Crippen MR) is 129 cm³/mol. The molecule has 0 aromatic carbocycles. The minimum absolute atomic E-state index is 0.0238. The highest BCUT2D eigenvalue weighted by Gasteiger charge is 2.19. The summed E-state index contributed by atoms with van der Waals surface area (Å²) in [6.45, 7) is 4.97. The number of rotatable bonds is 22. The monoisotopic (exact) mass is 424 g/mol. The molecule has 2 amide bonds. The smallest absolute Gasteiger partial charge is 0.242 e. The molecule has 0 spiro atoms. The lowest BCUT2D eigenvalue weighted by molar-refractivity contribution is -0.144. The van der Waals surface area contributed by atoms with Gasteiger partial charge in [-0.3, -0.25) is 14.5 Å². The van der Waals surface area contributed by atoms with Gasteiger partial charge in [0.2, 0.25) is 11.8 Å². The van der Waals surface area contributed by atoms with E-state index >= 15 is 0 Å². The van der Waals surface area contributed by atoms with Crippen molar-refractivity contribution in [1.29, 1.82) is 0 Å². The van der Waals surface area contributed by atoms with Crippen molar-refractivity contribution in [3.63, 3.8) is 0 Å². The van der Waals surface area contributed by atoms with Gasteiger partial charge in [-0.15, -0.1) is 0 Å². The van der Waals surface area contributed by atoms with Crippen molar-refractivity contribution in [2.45, 2.75) is 142 Å². The first-order valence-electron chi connectivity index (χ1n) is 13.2. The molecule has 0 aliphatic rings. The van der Waals surface area contributed by atoms with Crippen LogP contribution in [0.4, 0.5) is 0 Å². The molecule has 0 fully saturated rings. The molecule has 0 radical (unpaired) electrons. The van der Waals surface area contributed by atoms with Crippen LogP contribution in [0.15, 0.2) is 0 Å². The molecule has 178 valence electrons. The summed E-state index contributed by atoms with van der Waals surface area (Å²) in [5, 5.41) is 0. The molecule has 0 bridgehead atoms. The molecular weight excluding hydrogens is 372 g/mol. The maximum atomic E-state index is 12.5. The van der Waals surface area contributed by atoms with Crippen molar-refractivity contribution in [2.75, 3.05) is 13.1 Å². The van der Waals surface area contributed by atoms with Gasteiger partial charge in [-0.2, -0.15) is 0 Å². The van der Waals surface area contributed by atoms with Crippen molar-refractivity contribution in [3.8, 4) is 0 Å². The molecule has 30 heavy (non-hydrogen) atoms. The van der Waals surface area contributed by atoms with E-state index in [1.807, 2.05) is 0 Å². The van der Waals surface area contributed by atoms with Gasteiger partial charge in [-0.05, 0) is 12.8 Å². The van der Waals surface area contributed by atoms with E-state index in [-0.39, 0.29) is 18.4 Å². The average molecular weight is 425 g/mol. The van der Waals surface area contributed by atoms with Crippen LogP contribution in [0.2, 0.25) is 0 Å². The van der Waals surface area contributed by atoms with Crippen molar-refractivity contribution >= 4 is 11.8 Å². The number of hydrogen-bond acceptors (Lipinski definition) is 3. The van der Waals surface area contributed by atoms with Crippen LogP contribution in [0, 0.1) is 0 Å². The summed E-state index contributed by atoms with van der Waals surface area (Å²) < 4.78 is 0. The molecule has 0 saturated heterocycles. The van der Waals surface area contributed by atoms with Gasteiger partial charge in [0.25, 0.3) is 0 Å². The second-order valence-electron chi connectivity index (χ2n) is 8.90. The van der Waals surface area contributed by atoms with E-state index < -0.39 is 0 Å². The molecule has 0 aliphatic heterocycles. The third-order valence-corrected chi connectivity index (χ3v) is 6.01. The van der Waals surface area contributed by atoms with Crippen LogP contribution in [0.5, 0.6) is 0 Å². The Kier molecular flexibility index (Phi) is 22.1. The molecule has 0 aliphatic carbocycles. The predicted octanol–water partition coefficient (Wildman–Crippen LogP) is 7.14. The number of imide groups is 1. The number of carbonyl (C=O) groups is 2. The van der Waals surface area contributed by atoms with Crippen LogP contribution in [0.1, 0.15) is 142 Å². The zero-order valence-electron chi connectivity index (χ0n) is 20.4. The van der Waals surface area contributed by atoms with Gasteiger partial charge in [0.05, 0.1) is 6.54 Å². The molecule has 4 nitrogen and oxygen atoms in total. The Morgan fingerprint density at radius 2 is 0.900 bits per heavy atom. The number of hydrogen-bond donors (Lipinski definition) is 1. The highest BCUT2D eigenvalue weighted by Crippen LogP contribution is 2.13. The molecule has 0 heterocycles. The third-order valence-electron chi connectivity index (χ3n) is 6.01. The Labute approximate surface area is 187 Å². The van der Waals surface area contributed by atoms with Crippen LogP contribution in [0.25, 0.3) is 0 Å². The van der Waals surface area contributed by atoms with Gasteiger partial charge < -0.3 is 5.73 Å². The number of unbranched alkanes of at least 4 members (excludes halogenated alkanes) is 17. The molecule has 0 aromatic rings. The summed E-state index contributed by atoms with van der Waals surface area (Å²) in [5.74, 6) is -0.240. The number of nitrogens with zero attached hydrogens (tertiary/aromatic N) is 1. The van der Waals surface area contributed by atoms with Crippen molar-refractivity contribution in [1.82, 2.24) is 4.90 Å². The normalized spacial score (nSPS) is 11.0. The van der Waals surface area contributed by atoms with Gasteiger partial charge in [0.1, 0.15) is 0 Å². The second kappa shape index (κ2) is 22.8. The molecule has 0 saturated carbocycles. The van der Waals surface area contributed by atoms with Gasteiger partial charge in [-0.25, -0.2) is 0 Å². The molecule has 0 rings (SSSR count). The summed E-state index contributed by atoms with van der Waals surface area (Å²) in [6, 6.07) is 0. The molecular formula is C26H52N2O2. The molecule has 2 N–H and O–H groups in total. The summed E-state index contributed by atoms with van der Waals surface area (Å²) in [4.78, 5) is 26.0. The number of carbonyl (C=O) groups excluding carboxylic acids is 2. The quantitative estimate of drug-likeness (QED) is 0.188. The summed E-state index contributed by atoms with van der Waals surface area (Å²) in [6.07, 6.45) is 24.1. The third kappa shape index (κ3) is 17.9. The van der Waals surface area contributed by atoms with Gasteiger partial charge in [0.15, 0.2) is 0 Å². The lowest BCUT2D eigenvalue weighted by atomic mass is 10.1. The minimum atomic E-state index is -0.216. The minimum Gasteiger partial charge on any atom is -0.322 e. The van der Waals surface area contributed by atoms with E-state index in [0.29, 0.717) is 13.0 Å². The maximum Gasteiger partial charge on any atom is 0.242 e. The summed E-state index contributed by atoms with van der Waals surface area (Å²) in [5.41, 5.74) is 5.53. The van der Waals surface area contributed by atoms with Gasteiger partial charge in [-0.1, -0.05) is 123 Å². The Morgan fingerprint density at radius 1 is 0.533 bits per heavy atom. The van der Waals surface area contributed by atoms with Gasteiger partial charge in [0, 0.05) is 13.0 Å².